The molecule has 0 aliphatic heterocycles. The number of fused-ring (bicyclic) bond motifs is 8. The molecule has 0 radical (unpaired) electrons. The van der Waals surface area contributed by atoms with E-state index in [1.54, 1.807) is 234 Å². The molecule has 6 aromatic carbocycles. The fourth-order valence-corrected chi connectivity index (χ4v) is 12.0. The molecule has 7 rings (SSSR count). The number of nitrogens with zero attached hydrogens (tertiary/aromatic N) is 2. The van der Waals surface area contributed by atoms with Gasteiger partial charge >= 0.3 is 48.5 Å². The van der Waals surface area contributed by atoms with Gasteiger partial charge in [0.1, 0.15) is 68.7 Å². The van der Waals surface area contributed by atoms with Crippen molar-refractivity contribution >= 4 is 83.6 Å². The minimum absolute atomic E-state index is 0.00871. The van der Waals surface area contributed by atoms with Crippen molar-refractivity contribution in [2.75, 3.05) is 51.2 Å². The predicted octanol–water partition coefficient (Wildman–Crippen LogP) is 14.2. The van der Waals surface area contributed by atoms with Crippen LogP contribution in [0.4, 0.5) is 40.1 Å². The highest BCUT2D eigenvalue weighted by molar-refractivity contribution is 6.01. The highest BCUT2D eigenvalue weighted by Gasteiger charge is 2.31. The van der Waals surface area contributed by atoms with Crippen LogP contribution in [0.1, 0.15) is 195 Å². The summed E-state index contributed by atoms with van der Waals surface area (Å²) in [6.07, 6.45) is -5.42. The van der Waals surface area contributed by atoms with Crippen molar-refractivity contribution in [1.29, 1.82) is 0 Å². The number of carbonyl (C=O) groups is 10. The van der Waals surface area contributed by atoms with Gasteiger partial charge in [0.2, 0.25) is 23.7 Å². The Kier molecular flexibility index (Phi) is 32.4. The lowest BCUT2D eigenvalue weighted by molar-refractivity contribution is -0.143. The average molecular weight is 1660 g/mol. The highest BCUT2D eigenvalue weighted by atomic mass is 16.6. The maximum Gasteiger partial charge on any atom is 0.437 e. The minimum Gasteiger partial charge on any atom is -0.507 e. The second kappa shape index (κ2) is 41.2. The number of anilines is 2. The van der Waals surface area contributed by atoms with Crippen molar-refractivity contribution < 1.29 is 106 Å². The molecule has 0 saturated carbocycles. The molecule has 6 aromatic rings. The number of carbonyl (C=O) groups excluding carboxylic acids is 10. The van der Waals surface area contributed by atoms with E-state index in [1.165, 1.54) is 14.2 Å². The third-order valence-electron chi connectivity index (χ3n) is 16.8. The number of hydrogen-bond donors (Lipinski definition) is 10. The van der Waals surface area contributed by atoms with Gasteiger partial charge in [0.15, 0.2) is 13.2 Å². The topological polar surface area (TPSA) is 424 Å². The fourth-order valence-electron chi connectivity index (χ4n) is 12.0. The second-order valence-corrected chi connectivity index (χ2v) is 34.3. The van der Waals surface area contributed by atoms with Crippen LogP contribution in [-0.2, 0) is 82.8 Å². The van der Waals surface area contributed by atoms with Gasteiger partial charge < -0.3 is 89.5 Å². The Balaban J connectivity index is 1.27. The molecule has 8 bridgehead atoms. The molecule has 0 fully saturated rings. The molecule has 32 nitrogen and oxygen atoms in total. The first kappa shape index (κ1) is 94.5. The van der Waals surface area contributed by atoms with Gasteiger partial charge in [-0.05, 0) is 266 Å². The molecule has 0 unspecified atom stereocenters. The predicted molar refractivity (Wildman–Crippen MR) is 450 cm³/mol. The van der Waals surface area contributed by atoms with Gasteiger partial charge in [-0.25, -0.2) is 38.4 Å². The number of esters is 2. The number of rotatable bonds is 22. The lowest BCUT2D eigenvalue weighted by Crippen LogP contribution is -2.47. The van der Waals surface area contributed by atoms with E-state index in [0.29, 0.717) is 78.1 Å². The average Bonchev–Trinajstić information content (AvgIpc) is 0.779. The normalized spacial score (nSPS) is 13.1. The number of methoxy groups -OCH3 is 2. The fraction of sp³-hybridized carbons (Fsp3) is 0.455. The Morgan fingerprint density at radius 3 is 0.958 bits per heavy atom. The largest absolute Gasteiger partial charge is 0.507 e. The summed E-state index contributed by atoms with van der Waals surface area (Å²) < 4.78 is 55.6. The number of aliphatic imine (C=N–C) groups is 2. The number of para-hydroxylation sites is 2. The molecule has 648 valence electrons. The third kappa shape index (κ3) is 32.0. The molecule has 0 heterocycles. The summed E-state index contributed by atoms with van der Waals surface area (Å²) in [6, 6.07) is 29.1. The maximum absolute atomic E-state index is 14.6. The Hall–Kier alpha value is -12.6. The van der Waals surface area contributed by atoms with Gasteiger partial charge in [-0.2, -0.15) is 0 Å². The number of phenols is 2. The van der Waals surface area contributed by atoms with Gasteiger partial charge in [-0.1, -0.05) is 60.7 Å². The monoisotopic (exact) mass is 1660 g/mol. The summed E-state index contributed by atoms with van der Waals surface area (Å²) in [6.45, 7) is 28.9. The zero-order chi connectivity index (χ0) is 88.8. The van der Waals surface area contributed by atoms with E-state index in [1.807, 2.05) is 0 Å². The van der Waals surface area contributed by atoms with Crippen LogP contribution in [-0.4, -0.2) is 169 Å². The van der Waals surface area contributed by atoms with Gasteiger partial charge in [0.25, 0.3) is 0 Å². The van der Waals surface area contributed by atoms with Crippen LogP contribution in [0.3, 0.4) is 0 Å². The standard InChI is InChI=1S/C88H114N10O22/c1-83(2,3)115-77(105)93-65(35-25-37-89-75(95-79(107)117-85(7,8)9)96-80(108)118-86(10,11)12)73(103)91-63-33-23-27-51(47-63)57-43-59-39-53-29-21-31-55(71(53)113-49-67(99)111-19)41-61-45-58(46-62(70(61)102)42-56-32-22-30-54(40-60(44-57)69(59)101)72(56)114-50-68(100)112-20)52-28-24-34-64(48-52)92-74(104)66(94-78(106)116-84(4,5)6)36-26-38-90-76(97-81(109)119-87(13,14)15)98-82(110)120-88(16,17)18/h21-24,27-34,43-48,65-66,101-102H,25-26,35-42,49-50H2,1-20H3,(H,91,103)(H,92,104)(H,93,105)(H,94,106)(H2,89,95,96,107,108)(H2,90,97,98,109,110)/t65-,66-/m0/s1. The van der Waals surface area contributed by atoms with E-state index in [-0.39, 0.29) is 99.4 Å². The van der Waals surface area contributed by atoms with Crippen LogP contribution in [0.25, 0.3) is 22.3 Å². The Morgan fingerprint density at radius 2 is 0.667 bits per heavy atom. The molecule has 2 atom stereocenters. The van der Waals surface area contributed by atoms with Crippen molar-refractivity contribution in [2.45, 2.75) is 222 Å². The molecule has 0 saturated heterocycles. The van der Waals surface area contributed by atoms with Crippen molar-refractivity contribution in [1.82, 2.24) is 31.9 Å². The first-order valence-corrected chi connectivity index (χ1v) is 39.2. The highest BCUT2D eigenvalue weighted by Crippen LogP contribution is 2.42. The SMILES string of the molecule is COC(=O)COc1c2cccc1Cc1cc(-c3cccc(NC(=O)[C@H](CCCN/C(=N\C(=O)OC(C)(C)C)NC(=O)OC(C)(C)C)NC(=O)OC(C)(C)C)c3)cc(c1O)Cc1cccc(c1OCC(=O)OC)Cc1cc(-c3cccc(NC(=O)[C@H](CCCN/C(=N\C(=O)OC(C)(C)C)NC(=O)OC(C)(C)C)NC(=O)OC(C)(C)C)c3)cc(c1O)C2. The molecule has 0 aromatic heterocycles. The molecule has 1 aliphatic carbocycles. The lowest BCUT2D eigenvalue weighted by Gasteiger charge is -2.24. The Morgan fingerprint density at radius 1 is 0.375 bits per heavy atom. The second-order valence-electron chi connectivity index (χ2n) is 34.3. The van der Waals surface area contributed by atoms with Crippen molar-refractivity contribution in [3.63, 3.8) is 0 Å². The molecule has 10 N–H and O–H groups in total. The number of phenolic OH excluding ortho intramolecular Hbond substituents is 2. The Labute approximate surface area is 699 Å². The lowest BCUT2D eigenvalue weighted by atomic mass is 9.88. The van der Waals surface area contributed by atoms with Crippen LogP contribution < -0.4 is 52.0 Å². The molecule has 0 spiro atoms. The first-order chi connectivity index (χ1) is 56.0. The summed E-state index contributed by atoms with van der Waals surface area (Å²) in [5.41, 5.74) is 0.802. The van der Waals surface area contributed by atoms with E-state index < -0.39 is 119 Å². The van der Waals surface area contributed by atoms with Gasteiger partial charge in [0.05, 0.1) is 14.2 Å². The number of aromatic hydroxyl groups is 2. The maximum atomic E-state index is 14.6. The van der Waals surface area contributed by atoms with E-state index >= 15 is 0 Å². The van der Waals surface area contributed by atoms with Crippen LogP contribution in [0, 0.1) is 0 Å². The molecule has 8 amide bonds. The van der Waals surface area contributed by atoms with Crippen LogP contribution >= 0.6 is 0 Å². The summed E-state index contributed by atoms with van der Waals surface area (Å²) >= 11 is 0. The van der Waals surface area contributed by atoms with Gasteiger partial charge in [-0.3, -0.25) is 20.2 Å². The Bertz CT molecular complexity index is 4390. The number of amides is 8. The van der Waals surface area contributed by atoms with E-state index in [2.05, 4.69) is 52.5 Å². The quantitative estimate of drug-likeness (QED) is 0.00990. The number of alkyl carbamates (subject to hydrolysis) is 4. The van der Waals surface area contributed by atoms with Gasteiger partial charge in [-0.15, -0.1) is 9.98 Å². The minimum atomic E-state index is -1.22. The molecule has 120 heavy (non-hydrogen) atoms. The summed E-state index contributed by atoms with van der Waals surface area (Å²) in [7, 11) is 2.44. The van der Waals surface area contributed by atoms with E-state index in [4.69, 9.17) is 47.4 Å². The van der Waals surface area contributed by atoms with Crippen molar-refractivity contribution in [3.8, 4) is 45.3 Å². The summed E-state index contributed by atoms with van der Waals surface area (Å²) in [5, 5.41) is 47.4. The third-order valence-corrected chi connectivity index (χ3v) is 16.8. The zero-order valence-corrected chi connectivity index (χ0v) is 72.0. The number of benzene rings is 6. The zero-order valence-electron chi connectivity index (χ0n) is 72.0. The first-order valence-electron chi connectivity index (χ1n) is 39.2. The smallest absolute Gasteiger partial charge is 0.437 e. The molecular weight excluding hydrogens is 1550 g/mol. The van der Waals surface area contributed by atoms with E-state index in [9.17, 15) is 58.2 Å². The number of hydrogen-bond acceptors (Lipinski definition) is 22. The molecule has 1 aliphatic rings. The van der Waals surface area contributed by atoms with E-state index in [0.717, 1.165) is 0 Å². The van der Waals surface area contributed by atoms with Crippen LogP contribution in [0.2, 0.25) is 0 Å². The molecular formula is C88H114N10O22. The summed E-state index contributed by atoms with van der Waals surface area (Å²) in [4.78, 5) is 141. The van der Waals surface area contributed by atoms with Crippen LogP contribution in [0.5, 0.6) is 23.0 Å². The summed E-state index contributed by atoms with van der Waals surface area (Å²) in [5.74, 6) is -3.04. The number of guanidine groups is 2. The van der Waals surface area contributed by atoms with Crippen molar-refractivity contribution in [2.24, 2.45) is 9.98 Å². The van der Waals surface area contributed by atoms with Crippen LogP contribution in [0.15, 0.2) is 119 Å². The molecule has 32 heteroatoms. The number of nitrogens with one attached hydrogen (secondary N) is 8. The van der Waals surface area contributed by atoms with Gasteiger partial charge in [0, 0.05) is 50.1 Å². The number of ether oxygens (including phenoxy) is 10. The van der Waals surface area contributed by atoms with Crippen molar-refractivity contribution in [3.05, 3.63) is 154 Å².